The van der Waals surface area contributed by atoms with E-state index >= 15 is 0 Å². The fourth-order valence-electron chi connectivity index (χ4n) is 4.54. The Bertz CT molecular complexity index is 1250. The molecule has 4 rings (SSSR count). The van der Waals surface area contributed by atoms with E-state index in [1.165, 1.54) is 11.8 Å². The maximum absolute atomic E-state index is 13.6. The molecule has 1 fully saturated rings. The van der Waals surface area contributed by atoms with Crippen LogP contribution in [0.4, 0.5) is 0 Å². The van der Waals surface area contributed by atoms with Crippen molar-refractivity contribution in [2.45, 2.75) is 57.3 Å². The molecule has 0 spiro atoms. The summed E-state index contributed by atoms with van der Waals surface area (Å²) in [6, 6.07) is 11.1. The highest BCUT2D eigenvalue weighted by Gasteiger charge is 2.29. The minimum Gasteiger partial charge on any atom is -0.495 e. The SMILES string of the molecule is COc1ccc(C)cc1-n1c(SCC(=O)N2[C@H](C)CCC[C@@H]2C)nc2cc(Cl)ccc2c1=O. The number of methoxy groups -OCH3 is 1. The zero-order valence-electron chi connectivity index (χ0n) is 19.3. The summed E-state index contributed by atoms with van der Waals surface area (Å²) >= 11 is 7.44. The Hall–Kier alpha value is -2.51. The van der Waals surface area contributed by atoms with Crippen LogP contribution in [0, 0.1) is 6.92 Å². The van der Waals surface area contributed by atoms with Gasteiger partial charge in [0.15, 0.2) is 5.16 Å². The number of rotatable bonds is 5. The summed E-state index contributed by atoms with van der Waals surface area (Å²) in [6.07, 6.45) is 3.16. The first-order valence-corrected chi connectivity index (χ1v) is 12.5. The van der Waals surface area contributed by atoms with Crippen molar-refractivity contribution >= 4 is 40.2 Å². The van der Waals surface area contributed by atoms with E-state index in [-0.39, 0.29) is 29.3 Å². The third-order valence-corrected chi connectivity index (χ3v) is 7.34. The van der Waals surface area contributed by atoms with Gasteiger partial charge in [-0.1, -0.05) is 29.4 Å². The number of piperidine rings is 1. The average molecular weight is 486 g/mol. The van der Waals surface area contributed by atoms with Gasteiger partial charge in [-0.2, -0.15) is 0 Å². The molecule has 6 nitrogen and oxygen atoms in total. The fraction of sp³-hybridized carbons (Fsp3) is 0.400. The van der Waals surface area contributed by atoms with Crippen molar-refractivity contribution in [1.82, 2.24) is 14.5 Å². The number of hydrogen-bond donors (Lipinski definition) is 0. The minimum absolute atomic E-state index is 0.0582. The predicted molar refractivity (Wildman–Crippen MR) is 134 cm³/mol. The molecule has 174 valence electrons. The van der Waals surface area contributed by atoms with Gasteiger partial charge in [0.1, 0.15) is 5.75 Å². The molecule has 0 radical (unpaired) electrons. The zero-order valence-corrected chi connectivity index (χ0v) is 20.9. The fourth-order valence-corrected chi connectivity index (χ4v) is 5.58. The Labute approximate surface area is 202 Å². The van der Waals surface area contributed by atoms with Gasteiger partial charge < -0.3 is 9.64 Å². The van der Waals surface area contributed by atoms with Crippen LogP contribution in [0.2, 0.25) is 5.02 Å². The Morgan fingerprint density at radius 3 is 2.61 bits per heavy atom. The second-order valence-electron chi connectivity index (χ2n) is 8.59. The van der Waals surface area contributed by atoms with Crippen LogP contribution < -0.4 is 10.3 Å². The number of benzene rings is 2. The van der Waals surface area contributed by atoms with E-state index in [2.05, 4.69) is 13.8 Å². The van der Waals surface area contributed by atoms with Crippen LogP contribution in [0.1, 0.15) is 38.7 Å². The van der Waals surface area contributed by atoms with Crippen molar-refractivity contribution in [3.05, 3.63) is 57.3 Å². The number of likely N-dealkylation sites (tertiary alicyclic amines) is 1. The standard InChI is InChI=1S/C25H28ClN3O3S/c1-15-8-11-22(32-4)21(12-15)29-24(31)19-10-9-18(26)13-20(19)27-25(29)33-14-23(30)28-16(2)6-5-7-17(28)3/h8-13,16-17H,5-7,14H2,1-4H3/t16-,17+. The van der Waals surface area contributed by atoms with Gasteiger partial charge in [0.25, 0.3) is 5.56 Å². The van der Waals surface area contributed by atoms with Gasteiger partial charge in [0, 0.05) is 17.1 Å². The topological polar surface area (TPSA) is 64.4 Å². The second kappa shape index (κ2) is 9.77. The zero-order chi connectivity index (χ0) is 23.7. The van der Waals surface area contributed by atoms with Gasteiger partial charge in [-0.25, -0.2) is 4.98 Å². The quantitative estimate of drug-likeness (QED) is 0.365. The molecule has 0 aliphatic carbocycles. The lowest BCUT2D eigenvalue weighted by Gasteiger charge is -2.39. The van der Waals surface area contributed by atoms with E-state index in [0.29, 0.717) is 32.5 Å². The molecule has 0 unspecified atom stereocenters. The lowest BCUT2D eigenvalue weighted by molar-refractivity contribution is -0.134. The minimum atomic E-state index is -0.227. The predicted octanol–water partition coefficient (Wildman–Crippen LogP) is 5.24. The van der Waals surface area contributed by atoms with Crippen molar-refractivity contribution in [3.8, 4) is 11.4 Å². The number of fused-ring (bicyclic) bond motifs is 1. The van der Waals surface area contributed by atoms with Gasteiger partial charge >= 0.3 is 0 Å². The lowest BCUT2D eigenvalue weighted by Crippen LogP contribution is -2.48. The molecule has 33 heavy (non-hydrogen) atoms. The monoisotopic (exact) mass is 485 g/mol. The number of aryl methyl sites for hydroxylation is 1. The van der Waals surface area contributed by atoms with Gasteiger partial charge in [0.2, 0.25) is 5.91 Å². The average Bonchev–Trinajstić information content (AvgIpc) is 2.77. The smallest absolute Gasteiger partial charge is 0.266 e. The Balaban J connectivity index is 1.80. The molecule has 1 saturated heterocycles. The number of carbonyl (C=O) groups excluding carboxylic acids is 1. The van der Waals surface area contributed by atoms with E-state index in [1.54, 1.807) is 29.9 Å². The molecule has 0 N–H and O–H groups in total. The van der Waals surface area contributed by atoms with Crippen molar-refractivity contribution in [2.75, 3.05) is 12.9 Å². The molecule has 1 amide bonds. The second-order valence-corrected chi connectivity index (χ2v) is 9.97. The number of thioether (sulfide) groups is 1. The molecule has 1 aromatic heterocycles. The van der Waals surface area contributed by atoms with E-state index in [1.807, 2.05) is 30.0 Å². The molecule has 1 aliphatic rings. The summed E-state index contributed by atoms with van der Waals surface area (Å²) in [5.41, 5.74) is 1.86. The number of aromatic nitrogens is 2. The highest BCUT2D eigenvalue weighted by atomic mass is 35.5. The normalized spacial score (nSPS) is 18.5. The van der Waals surface area contributed by atoms with Crippen LogP contribution in [0.25, 0.3) is 16.6 Å². The summed E-state index contributed by atoms with van der Waals surface area (Å²) < 4.78 is 7.10. The molecule has 2 atom stereocenters. The molecule has 0 bridgehead atoms. The summed E-state index contributed by atoms with van der Waals surface area (Å²) in [5.74, 6) is 0.814. The molecular weight excluding hydrogens is 458 g/mol. The first kappa shape index (κ1) is 23.6. The molecule has 2 heterocycles. The number of nitrogens with zero attached hydrogens (tertiary/aromatic N) is 3. The molecule has 8 heteroatoms. The highest BCUT2D eigenvalue weighted by molar-refractivity contribution is 7.99. The number of carbonyl (C=O) groups is 1. The van der Waals surface area contributed by atoms with Crippen molar-refractivity contribution in [3.63, 3.8) is 0 Å². The number of hydrogen-bond acceptors (Lipinski definition) is 5. The molecule has 3 aromatic rings. The number of ether oxygens (including phenoxy) is 1. The van der Waals surface area contributed by atoms with Crippen molar-refractivity contribution < 1.29 is 9.53 Å². The highest BCUT2D eigenvalue weighted by Crippen LogP contribution is 2.30. The van der Waals surface area contributed by atoms with E-state index in [9.17, 15) is 9.59 Å². The maximum Gasteiger partial charge on any atom is 0.266 e. The van der Waals surface area contributed by atoms with Crippen molar-refractivity contribution in [1.29, 1.82) is 0 Å². The third kappa shape index (κ3) is 4.75. The number of amides is 1. The maximum atomic E-state index is 13.6. The van der Waals surface area contributed by atoms with Crippen LogP contribution in [0.15, 0.2) is 46.3 Å². The largest absolute Gasteiger partial charge is 0.495 e. The Morgan fingerprint density at radius 2 is 1.91 bits per heavy atom. The van der Waals surface area contributed by atoms with Gasteiger partial charge in [-0.15, -0.1) is 0 Å². The molecule has 1 aliphatic heterocycles. The Kier molecular flexibility index (Phi) is 7.00. The van der Waals surface area contributed by atoms with E-state index in [0.717, 1.165) is 24.8 Å². The summed E-state index contributed by atoms with van der Waals surface area (Å²) in [5, 5.41) is 1.39. The summed E-state index contributed by atoms with van der Waals surface area (Å²) in [4.78, 5) is 33.5. The lowest BCUT2D eigenvalue weighted by atomic mass is 9.98. The molecule has 2 aromatic carbocycles. The van der Waals surface area contributed by atoms with Crippen LogP contribution in [-0.4, -0.2) is 45.3 Å². The van der Waals surface area contributed by atoms with Crippen molar-refractivity contribution in [2.24, 2.45) is 0 Å². The number of halogens is 1. The van der Waals surface area contributed by atoms with Gasteiger partial charge in [-0.05, 0) is 75.9 Å². The third-order valence-electron chi connectivity index (χ3n) is 6.18. The van der Waals surface area contributed by atoms with Crippen LogP contribution >= 0.6 is 23.4 Å². The molecular formula is C25H28ClN3O3S. The van der Waals surface area contributed by atoms with Gasteiger partial charge in [0.05, 0.1) is 29.5 Å². The van der Waals surface area contributed by atoms with Gasteiger partial charge in [-0.3, -0.25) is 14.2 Å². The first-order valence-electron chi connectivity index (χ1n) is 11.1. The Morgan fingerprint density at radius 1 is 1.18 bits per heavy atom. The van der Waals surface area contributed by atoms with E-state index < -0.39 is 0 Å². The van der Waals surface area contributed by atoms with Crippen LogP contribution in [0.3, 0.4) is 0 Å². The first-order chi connectivity index (χ1) is 15.8. The van der Waals surface area contributed by atoms with Crippen LogP contribution in [-0.2, 0) is 4.79 Å². The molecule has 0 saturated carbocycles. The summed E-state index contributed by atoms with van der Waals surface area (Å²) in [7, 11) is 1.57. The van der Waals surface area contributed by atoms with E-state index in [4.69, 9.17) is 21.3 Å². The summed E-state index contributed by atoms with van der Waals surface area (Å²) in [6.45, 7) is 6.15. The van der Waals surface area contributed by atoms with Crippen LogP contribution in [0.5, 0.6) is 5.75 Å².